The molecule has 4 nitrogen and oxygen atoms in total. The lowest BCUT2D eigenvalue weighted by molar-refractivity contribution is -0.143. The number of halogens is 7. The minimum atomic E-state index is -5.04. The number of amides is 1. The number of alkyl halides is 6. The van der Waals surface area contributed by atoms with E-state index in [4.69, 9.17) is 16.3 Å². The van der Waals surface area contributed by atoms with Crippen molar-refractivity contribution in [2.75, 3.05) is 12.4 Å². The first-order valence-corrected chi connectivity index (χ1v) is 8.65. The summed E-state index contributed by atoms with van der Waals surface area (Å²) in [5.74, 6) is -1.26. The Morgan fingerprint density at radius 1 is 0.933 bits per heavy atom. The second-order valence-corrected chi connectivity index (χ2v) is 6.55. The van der Waals surface area contributed by atoms with Crippen LogP contribution in [0.4, 0.5) is 32.0 Å². The van der Waals surface area contributed by atoms with E-state index in [1.807, 2.05) is 5.32 Å². The summed E-state index contributed by atoms with van der Waals surface area (Å²) in [6, 6.07) is 4.96. The highest BCUT2D eigenvalue weighted by Gasteiger charge is 2.37. The van der Waals surface area contributed by atoms with Crippen LogP contribution >= 0.6 is 11.6 Å². The predicted octanol–water partition coefficient (Wildman–Crippen LogP) is 5.99. The van der Waals surface area contributed by atoms with Gasteiger partial charge in [-0.2, -0.15) is 26.3 Å². The highest BCUT2D eigenvalue weighted by atomic mass is 35.5. The van der Waals surface area contributed by atoms with Crippen LogP contribution in [0.2, 0.25) is 5.02 Å². The van der Waals surface area contributed by atoms with Gasteiger partial charge in [0.15, 0.2) is 5.78 Å². The van der Waals surface area contributed by atoms with Gasteiger partial charge in [-0.15, -0.1) is 0 Å². The van der Waals surface area contributed by atoms with Crippen LogP contribution in [-0.4, -0.2) is 18.8 Å². The average molecular weight is 454 g/mol. The Morgan fingerprint density at radius 3 is 2.00 bits per heavy atom. The highest BCUT2D eigenvalue weighted by molar-refractivity contribution is 6.31. The molecule has 0 aliphatic heterocycles. The minimum absolute atomic E-state index is 0.0510. The van der Waals surface area contributed by atoms with Crippen molar-refractivity contribution in [3.05, 3.63) is 58.1 Å². The van der Waals surface area contributed by atoms with E-state index in [1.54, 1.807) is 0 Å². The molecule has 0 atom stereocenters. The molecule has 0 aliphatic carbocycles. The van der Waals surface area contributed by atoms with Gasteiger partial charge in [0.25, 0.3) is 0 Å². The number of carbonyl (C=O) groups is 2. The first-order chi connectivity index (χ1) is 13.8. The number of nitrogens with one attached hydrogen (secondary N) is 1. The summed E-state index contributed by atoms with van der Waals surface area (Å²) >= 11 is 5.82. The topological polar surface area (TPSA) is 55.4 Å². The van der Waals surface area contributed by atoms with Crippen LogP contribution in [0.25, 0.3) is 0 Å². The van der Waals surface area contributed by atoms with E-state index in [0.717, 1.165) is 0 Å². The smallest absolute Gasteiger partial charge is 0.416 e. The maximum atomic E-state index is 12.9. The molecule has 1 N–H and O–H groups in total. The second-order valence-electron chi connectivity index (χ2n) is 6.11. The number of Topliss-reactive ketones (excluding diaryl/α,β-unsaturated/α-hetero) is 1. The molecule has 0 saturated heterocycles. The van der Waals surface area contributed by atoms with E-state index in [2.05, 4.69) is 0 Å². The number of ketones is 1. The van der Waals surface area contributed by atoms with Crippen molar-refractivity contribution in [1.82, 2.24) is 0 Å². The molecule has 0 unspecified atom stereocenters. The van der Waals surface area contributed by atoms with Crippen molar-refractivity contribution < 1.29 is 40.7 Å². The normalized spacial score (nSPS) is 11.9. The Labute approximate surface area is 171 Å². The van der Waals surface area contributed by atoms with Gasteiger partial charge in [0.05, 0.1) is 23.8 Å². The molecule has 0 aromatic heterocycles. The number of anilines is 1. The third kappa shape index (κ3) is 6.12. The van der Waals surface area contributed by atoms with Gasteiger partial charge in [-0.25, -0.2) is 0 Å². The monoisotopic (exact) mass is 453 g/mol. The lowest BCUT2D eigenvalue weighted by atomic mass is 10.0. The van der Waals surface area contributed by atoms with Crippen LogP contribution in [0.5, 0.6) is 5.75 Å². The largest absolute Gasteiger partial charge is 0.496 e. The van der Waals surface area contributed by atoms with Crippen LogP contribution < -0.4 is 10.1 Å². The summed E-state index contributed by atoms with van der Waals surface area (Å²) in [5.41, 5.74) is -3.72. The lowest BCUT2D eigenvalue weighted by Crippen LogP contribution is -2.16. The third-order valence-corrected chi connectivity index (χ3v) is 4.15. The van der Waals surface area contributed by atoms with Gasteiger partial charge in [0.1, 0.15) is 5.75 Å². The average Bonchev–Trinajstić information content (AvgIpc) is 2.64. The zero-order valence-electron chi connectivity index (χ0n) is 15.2. The van der Waals surface area contributed by atoms with E-state index in [9.17, 15) is 35.9 Å². The number of ether oxygens (including phenoxy) is 1. The maximum Gasteiger partial charge on any atom is 0.416 e. The molecule has 0 aliphatic rings. The molecule has 0 bridgehead atoms. The van der Waals surface area contributed by atoms with Crippen LogP contribution in [0, 0.1) is 0 Å². The van der Waals surface area contributed by atoms with E-state index in [1.165, 1.54) is 25.3 Å². The molecule has 30 heavy (non-hydrogen) atoms. The van der Waals surface area contributed by atoms with E-state index in [0.29, 0.717) is 12.1 Å². The van der Waals surface area contributed by atoms with Crippen LogP contribution in [0.1, 0.15) is 34.3 Å². The molecule has 0 fully saturated rings. The molecular formula is C19H14ClF6NO3. The second kappa shape index (κ2) is 8.95. The number of hydrogen-bond acceptors (Lipinski definition) is 3. The molecule has 11 heteroatoms. The number of rotatable bonds is 6. The summed E-state index contributed by atoms with van der Waals surface area (Å²) in [4.78, 5) is 24.3. The quantitative estimate of drug-likeness (QED) is 0.432. The van der Waals surface area contributed by atoms with Gasteiger partial charge < -0.3 is 10.1 Å². The Hall–Kier alpha value is -2.75. The van der Waals surface area contributed by atoms with Crippen LogP contribution in [-0.2, 0) is 17.1 Å². The van der Waals surface area contributed by atoms with Gasteiger partial charge in [0.2, 0.25) is 5.91 Å². The van der Waals surface area contributed by atoms with Crippen LogP contribution in [0.3, 0.4) is 0 Å². The molecule has 162 valence electrons. The third-order valence-electron chi connectivity index (χ3n) is 3.91. The molecule has 2 rings (SSSR count). The standard InChI is InChI=1S/C19H14ClF6NO3/c1-30-16-4-2-12(20)9-14(16)15(28)3-5-17(29)27-13-7-10(18(21,22)23)6-11(8-13)19(24,25)26/h2,4,6-9H,3,5H2,1H3,(H,27,29). The fourth-order valence-corrected chi connectivity index (χ4v) is 2.68. The number of carbonyl (C=O) groups excluding carboxylic acids is 2. The van der Waals surface area contributed by atoms with Crippen molar-refractivity contribution in [2.24, 2.45) is 0 Å². The number of hydrogen-bond donors (Lipinski definition) is 1. The van der Waals surface area contributed by atoms with E-state index < -0.39 is 47.3 Å². The Kier molecular flexibility index (Phi) is 7.02. The molecule has 1 amide bonds. The zero-order valence-corrected chi connectivity index (χ0v) is 16.0. The van der Waals surface area contributed by atoms with Crippen LogP contribution in [0.15, 0.2) is 36.4 Å². The van der Waals surface area contributed by atoms with Gasteiger partial charge in [-0.1, -0.05) is 11.6 Å². The van der Waals surface area contributed by atoms with Crippen molar-refractivity contribution in [2.45, 2.75) is 25.2 Å². The maximum absolute atomic E-state index is 12.9. The zero-order chi connectivity index (χ0) is 22.7. The Morgan fingerprint density at radius 2 is 1.50 bits per heavy atom. The molecular weight excluding hydrogens is 440 g/mol. The van der Waals surface area contributed by atoms with Crippen molar-refractivity contribution in [3.63, 3.8) is 0 Å². The molecule has 0 radical (unpaired) electrons. The molecule has 2 aromatic rings. The number of benzene rings is 2. The van der Waals surface area contributed by atoms with E-state index in [-0.39, 0.29) is 28.8 Å². The van der Waals surface area contributed by atoms with Gasteiger partial charge in [0, 0.05) is 23.6 Å². The molecule has 0 heterocycles. The van der Waals surface area contributed by atoms with E-state index >= 15 is 0 Å². The van der Waals surface area contributed by atoms with Crippen molar-refractivity contribution in [1.29, 1.82) is 0 Å². The van der Waals surface area contributed by atoms with Gasteiger partial charge in [-0.05, 0) is 36.4 Å². The summed E-state index contributed by atoms with van der Waals surface area (Å²) in [5, 5.41) is 2.21. The van der Waals surface area contributed by atoms with Crippen molar-refractivity contribution in [3.8, 4) is 5.75 Å². The Bertz CT molecular complexity index is 924. The predicted molar refractivity (Wildman–Crippen MR) is 96.6 cm³/mol. The Balaban J connectivity index is 2.15. The lowest BCUT2D eigenvalue weighted by Gasteiger charge is -2.15. The van der Waals surface area contributed by atoms with Gasteiger partial charge >= 0.3 is 12.4 Å². The fourth-order valence-electron chi connectivity index (χ4n) is 2.51. The summed E-state index contributed by atoms with van der Waals surface area (Å²) in [7, 11) is 1.32. The fraction of sp³-hybridized carbons (Fsp3) is 0.263. The first kappa shape index (κ1) is 23.5. The minimum Gasteiger partial charge on any atom is -0.496 e. The van der Waals surface area contributed by atoms with Crippen molar-refractivity contribution >= 4 is 29.0 Å². The number of methoxy groups -OCH3 is 1. The summed E-state index contributed by atoms with van der Waals surface area (Å²) in [6.45, 7) is 0. The molecule has 0 saturated carbocycles. The highest BCUT2D eigenvalue weighted by Crippen LogP contribution is 2.37. The summed E-state index contributed by atoms with van der Waals surface area (Å²) in [6.07, 6.45) is -10.9. The SMILES string of the molecule is COc1ccc(Cl)cc1C(=O)CCC(=O)Nc1cc(C(F)(F)F)cc(C(F)(F)F)c1. The summed E-state index contributed by atoms with van der Waals surface area (Å²) < 4.78 is 82.3. The molecule has 0 spiro atoms. The molecule has 2 aromatic carbocycles. The first-order valence-electron chi connectivity index (χ1n) is 8.27. The van der Waals surface area contributed by atoms with Gasteiger partial charge in [-0.3, -0.25) is 9.59 Å².